The zero-order valence-corrected chi connectivity index (χ0v) is 22.5. The molecule has 9 heteroatoms. The number of aliphatic hydroxyl groups excluding tert-OH is 1. The molecule has 1 saturated carbocycles. The number of fused-ring (bicyclic) bond motifs is 2. The third-order valence-corrected chi connectivity index (χ3v) is 7.73. The number of hydrogen-bond acceptors (Lipinski definition) is 7. The van der Waals surface area contributed by atoms with Crippen LogP contribution in [0.1, 0.15) is 30.1 Å². The van der Waals surface area contributed by atoms with E-state index in [0.29, 0.717) is 36.7 Å². The number of aryl methyl sites for hydroxylation is 1. The van der Waals surface area contributed by atoms with Gasteiger partial charge in [-0.15, -0.1) is 0 Å². The Kier molecular flexibility index (Phi) is 6.01. The predicted octanol–water partition coefficient (Wildman–Crippen LogP) is 6.01. The number of carbonyl (C=O) groups excluding carboxylic acids is 1. The maximum absolute atomic E-state index is 11.9. The van der Waals surface area contributed by atoms with E-state index in [9.17, 15) is 9.90 Å². The molecule has 5 aromatic rings. The highest BCUT2D eigenvalue weighted by Gasteiger charge is 2.36. The first kappa shape index (κ1) is 25.0. The number of benzene rings is 2. The Labute approximate surface area is 236 Å². The molecular weight excluding hydrogens is 516 g/mol. The van der Waals surface area contributed by atoms with E-state index < -0.39 is 0 Å². The van der Waals surface area contributed by atoms with Crippen molar-refractivity contribution in [2.45, 2.75) is 38.5 Å². The summed E-state index contributed by atoms with van der Waals surface area (Å²) < 4.78 is 8.37. The first-order chi connectivity index (χ1) is 20.0. The van der Waals surface area contributed by atoms with E-state index in [0.717, 1.165) is 50.5 Å². The second kappa shape index (κ2) is 9.87. The largest absolute Gasteiger partial charge is 0.439 e. The number of anilines is 2. The minimum absolute atomic E-state index is 0.0945. The first-order valence-electron chi connectivity index (χ1n) is 13.6. The second-order valence-corrected chi connectivity index (χ2v) is 10.5. The zero-order chi connectivity index (χ0) is 28.1. The summed E-state index contributed by atoms with van der Waals surface area (Å²) in [5, 5.41) is 17.5. The molecule has 1 fully saturated rings. The van der Waals surface area contributed by atoms with Crippen molar-refractivity contribution in [3.63, 3.8) is 0 Å². The Hall–Kier alpha value is -5.02. The van der Waals surface area contributed by atoms with Crippen molar-refractivity contribution in [1.82, 2.24) is 19.5 Å². The van der Waals surface area contributed by atoms with Gasteiger partial charge >= 0.3 is 0 Å². The van der Waals surface area contributed by atoms with E-state index in [1.165, 1.54) is 6.08 Å². The van der Waals surface area contributed by atoms with Crippen LogP contribution >= 0.6 is 0 Å². The van der Waals surface area contributed by atoms with Gasteiger partial charge in [-0.05, 0) is 72.9 Å². The number of aliphatic hydroxyl groups is 1. The van der Waals surface area contributed by atoms with Gasteiger partial charge in [0.05, 0.1) is 17.2 Å². The van der Waals surface area contributed by atoms with Gasteiger partial charge in [-0.25, -0.2) is 15.0 Å². The molecule has 0 atom stereocenters. The highest BCUT2D eigenvalue weighted by molar-refractivity contribution is 6.10. The fourth-order valence-corrected chi connectivity index (χ4v) is 5.74. The van der Waals surface area contributed by atoms with Gasteiger partial charge in [0, 0.05) is 35.6 Å². The van der Waals surface area contributed by atoms with Crippen LogP contribution in [0, 0.1) is 6.92 Å². The monoisotopic (exact) mass is 544 g/mol. The summed E-state index contributed by atoms with van der Waals surface area (Å²) in [4.78, 5) is 25.7. The maximum Gasteiger partial charge on any atom is 0.247 e. The van der Waals surface area contributed by atoms with Gasteiger partial charge in [0.15, 0.2) is 0 Å². The lowest BCUT2D eigenvalue weighted by molar-refractivity contribution is -0.111. The van der Waals surface area contributed by atoms with E-state index in [-0.39, 0.29) is 18.1 Å². The van der Waals surface area contributed by atoms with Crippen LogP contribution in [0.2, 0.25) is 0 Å². The van der Waals surface area contributed by atoms with Crippen LogP contribution < -0.4 is 15.4 Å². The second-order valence-electron chi connectivity index (χ2n) is 10.5. The molecule has 41 heavy (non-hydrogen) atoms. The van der Waals surface area contributed by atoms with E-state index in [2.05, 4.69) is 37.8 Å². The quantitative estimate of drug-likeness (QED) is 0.224. The van der Waals surface area contributed by atoms with Crippen molar-refractivity contribution in [2.75, 3.05) is 10.6 Å². The maximum atomic E-state index is 11.9. The smallest absolute Gasteiger partial charge is 0.247 e. The van der Waals surface area contributed by atoms with Crippen LogP contribution in [-0.2, 0) is 11.3 Å². The topological polar surface area (TPSA) is 114 Å². The highest BCUT2D eigenvalue weighted by atomic mass is 16.5. The van der Waals surface area contributed by atoms with Gasteiger partial charge in [-0.3, -0.25) is 4.79 Å². The molecule has 2 aromatic carbocycles. The third kappa shape index (κ3) is 4.40. The summed E-state index contributed by atoms with van der Waals surface area (Å²) in [6.45, 7) is 6.03. The van der Waals surface area contributed by atoms with E-state index in [1.807, 2.05) is 61.5 Å². The molecule has 3 N–H and O–H groups in total. The van der Waals surface area contributed by atoms with Crippen molar-refractivity contribution in [3.8, 4) is 34.0 Å². The lowest BCUT2D eigenvalue weighted by Gasteiger charge is -2.34. The van der Waals surface area contributed by atoms with Gasteiger partial charge in [0.25, 0.3) is 0 Å². The number of ether oxygens (including phenoxy) is 1. The number of pyridine rings is 1. The van der Waals surface area contributed by atoms with Crippen molar-refractivity contribution in [2.24, 2.45) is 0 Å². The number of aromatic nitrogens is 4. The fourth-order valence-electron chi connectivity index (χ4n) is 5.74. The van der Waals surface area contributed by atoms with Gasteiger partial charge in [-0.2, -0.15) is 0 Å². The number of hydrogen-bond donors (Lipinski definition) is 3. The Morgan fingerprint density at radius 3 is 2.73 bits per heavy atom. The molecule has 0 spiro atoms. The molecule has 0 unspecified atom stereocenters. The minimum atomic E-state index is -0.334. The Bertz CT molecular complexity index is 1820. The molecule has 9 nitrogen and oxygen atoms in total. The summed E-state index contributed by atoms with van der Waals surface area (Å²) in [5.74, 6) is 1.74. The number of carbonyl (C=O) groups is 1. The number of amides is 1. The number of rotatable bonds is 6. The first-order valence-corrected chi connectivity index (χ1v) is 13.6. The van der Waals surface area contributed by atoms with Crippen LogP contribution in [0.15, 0.2) is 79.6 Å². The van der Waals surface area contributed by atoms with E-state index in [4.69, 9.17) is 9.72 Å². The molecule has 1 amide bonds. The SMILES string of the molecule is C=CC(=O)Nc1ccc(-c2c3c4c(ncnc4n2C2CC(O)C2)NCc2cc(Oc4cccc(C)n4)ccc2-3)cc1. The van der Waals surface area contributed by atoms with Crippen molar-refractivity contribution in [1.29, 1.82) is 0 Å². The van der Waals surface area contributed by atoms with Gasteiger partial charge in [0.1, 0.15) is 23.5 Å². The predicted molar refractivity (Wildman–Crippen MR) is 158 cm³/mol. The lowest BCUT2D eigenvalue weighted by atomic mass is 9.88. The average molecular weight is 545 g/mol. The zero-order valence-electron chi connectivity index (χ0n) is 22.5. The fraction of sp³-hybridized carbons (Fsp3) is 0.188. The summed E-state index contributed by atoms with van der Waals surface area (Å²) in [5.41, 5.74) is 7.50. The van der Waals surface area contributed by atoms with Gasteiger partial charge in [-0.1, -0.05) is 30.8 Å². The molecule has 1 aliphatic heterocycles. The van der Waals surface area contributed by atoms with Crippen LogP contribution in [0.25, 0.3) is 33.4 Å². The Balaban J connectivity index is 1.41. The number of nitrogens with one attached hydrogen (secondary N) is 2. The van der Waals surface area contributed by atoms with E-state index in [1.54, 1.807) is 6.33 Å². The molecule has 0 bridgehead atoms. The lowest BCUT2D eigenvalue weighted by Crippen LogP contribution is -2.31. The summed E-state index contributed by atoms with van der Waals surface area (Å²) in [7, 11) is 0. The molecule has 1 aliphatic carbocycles. The van der Waals surface area contributed by atoms with Crippen molar-refractivity contribution in [3.05, 3.63) is 90.9 Å². The molecule has 0 radical (unpaired) electrons. The van der Waals surface area contributed by atoms with Crippen LogP contribution in [-0.4, -0.2) is 36.6 Å². The molecule has 2 aliphatic rings. The summed E-state index contributed by atoms with van der Waals surface area (Å²) in [6.07, 6.45) is 3.81. The van der Waals surface area contributed by atoms with Crippen LogP contribution in [0.4, 0.5) is 11.5 Å². The highest BCUT2D eigenvalue weighted by Crippen LogP contribution is 2.50. The third-order valence-electron chi connectivity index (χ3n) is 7.73. The molecule has 204 valence electrons. The Morgan fingerprint density at radius 1 is 1.15 bits per heavy atom. The molecule has 7 rings (SSSR count). The van der Waals surface area contributed by atoms with Crippen molar-refractivity contribution >= 4 is 28.4 Å². The standard InChI is InChI=1S/C32H28N6O3/c1-3-26(40)37-21-9-7-19(8-10-21)30-28-25-12-11-24(41-27-6-4-5-18(2)36-27)13-20(25)16-33-31-29(28)32(35-17-34-31)38(30)22-14-23(39)15-22/h3-13,17,22-23,39H,1,14-16H2,2H3,(H,37,40)(H,33,34,35). The molecule has 0 saturated heterocycles. The van der Waals surface area contributed by atoms with Gasteiger partial charge in [0.2, 0.25) is 11.8 Å². The van der Waals surface area contributed by atoms with E-state index >= 15 is 0 Å². The summed E-state index contributed by atoms with van der Waals surface area (Å²) in [6, 6.07) is 19.7. The van der Waals surface area contributed by atoms with Crippen molar-refractivity contribution < 1.29 is 14.6 Å². The molecular formula is C32H28N6O3. The Morgan fingerprint density at radius 2 is 1.98 bits per heavy atom. The molecule has 3 aromatic heterocycles. The average Bonchev–Trinajstić information content (AvgIpc) is 3.20. The summed E-state index contributed by atoms with van der Waals surface area (Å²) >= 11 is 0. The van der Waals surface area contributed by atoms with Crippen LogP contribution in [0.3, 0.4) is 0 Å². The van der Waals surface area contributed by atoms with Gasteiger partial charge < -0.3 is 25.0 Å². The minimum Gasteiger partial charge on any atom is -0.439 e. The molecule has 4 heterocycles. The normalized spacial score (nSPS) is 17.1. The van der Waals surface area contributed by atoms with Crippen LogP contribution in [0.5, 0.6) is 11.6 Å². The number of nitrogens with zero attached hydrogens (tertiary/aromatic N) is 4.